The maximum atomic E-state index is 12.7. The number of ether oxygens (including phenoxy) is 9. The summed E-state index contributed by atoms with van der Waals surface area (Å²) in [4.78, 5) is 72.7. The van der Waals surface area contributed by atoms with Gasteiger partial charge in [0.25, 0.3) is 0 Å². The van der Waals surface area contributed by atoms with Crippen molar-refractivity contribution in [3.05, 3.63) is 496 Å². The standard InChI is InChI=1S/C28H22O4.C22H18O3.C21H18O3.C20H18O4S.C15H14O2.C14H14O3S/c1-19-3-11-24(12-4-19)31-26-15-17-27(18-16-26)32-25-13-9-23(10-14-25)28(30)22-7-5-21(6-8-22)20(2)29;1-15-3-11-20(12-4-15)25-21-13-9-19(10-14-21)22(24)18-7-5-17(6-8-18)16(2)23;1-15-3-9-19(10-4-15)24-20-13-7-17(8-14-20)21(22)16-5-11-18(23-2)12-6-16;1-15-3-5-17(6-4-15)23-18-11-13-20(14-12-18)25(21)24-19-9-7-16(22-2)8-10-19;1-11-3-7-14(8-4-11)17-15-9-5-13(6-10-15)12(2)16;1-11-3-9-14(10-4-11)18(15)17-13-7-5-12(16-2)6-8-13/h3-18H,1-2H3;3-14H,1-2H3;3-14H,1-2H3;3-14H,1-2H3;3-10H,1-2H3;3-10H,1-2H3. The minimum Gasteiger partial charge on any atom is -0.497 e. The first-order valence-electron chi connectivity index (χ1n) is 44.7. The number of aryl methyl sites for hydroxylation is 6. The summed E-state index contributed by atoms with van der Waals surface area (Å²) in [6.45, 7) is 16.7. The van der Waals surface area contributed by atoms with Gasteiger partial charge in [-0.25, -0.2) is 8.42 Å². The molecule has 0 aliphatic rings. The van der Waals surface area contributed by atoms with E-state index < -0.39 is 22.2 Å². The highest BCUT2D eigenvalue weighted by atomic mass is 32.2. The zero-order chi connectivity index (χ0) is 100. The predicted molar refractivity (Wildman–Crippen MR) is 552 cm³/mol. The number of methoxy groups -OCH3 is 3. The average Bonchev–Trinajstić information content (AvgIpc) is 0.845. The van der Waals surface area contributed by atoms with Crippen LogP contribution in [-0.2, 0) is 22.2 Å². The average molecular weight is 1910 g/mol. The van der Waals surface area contributed by atoms with Crippen molar-refractivity contribution in [3.63, 3.8) is 0 Å². The van der Waals surface area contributed by atoms with E-state index in [1.165, 1.54) is 41.7 Å². The molecule has 141 heavy (non-hydrogen) atoms. The van der Waals surface area contributed by atoms with Crippen molar-refractivity contribution >= 4 is 56.9 Å². The molecule has 0 spiro atoms. The second-order valence-electron chi connectivity index (χ2n) is 32.1. The first kappa shape index (κ1) is 103. The van der Waals surface area contributed by atoms with E-state index >= 15 is 0 Å². The molecule has 0 aliphatic carbocycles. The molecule has 0 saturated heterocycles. The van der Waals surface area contributed by atoms with Crippen LogP contribution in [0.1, 0.15) is 133 Å². The number of ketones is 6. The van der Waals surface area contributed by atoms with E-state index in [0.29, 0.717) is 100 Å². The molecule has 0 N–H and O–H groups in total. The van der Waals surface area contributed by atoms with Crippen molar-refractivity contribution in [3.8, 4) is 97.7 Å². The van der Waals surface area contributed by atoms with Gasteiger partial charge >= 0.3 is 0 Å². The summed E-state index contributed by atoms with van der Waals surface area (Å²) in [7, 11) is 4.79. The van der Waals surface area contributed by atoms with Crippen LogP contribution in [-0.4, -0.2) is 64.4 Å². The molecule has 17 aromatic carbocycles. The van der Waals surface area contributed by atoms with Gasteiger partial charge in [0.15, 0.2) is 34.7 Å². The highest BCUT2D eigenvalue weighted by molar-refractivity contribution is 7.80. The zero-order valence-electron chi connectivity index (χ0n) is 79.8. The number of carbonyl (C=O) groups excluding carboxylic acids is 6. The van der Waals surface area contributed by atoms with Crippen molar-refractivity contribution in [1.29, 1.82) is 0 Å². The molecular formula is C120H104O19S2. The van der Waals surface area contributed by atoms with Crippen LogP contribution in [0.15, 0.2) is 422 Å². The van der Waals surface area contributed by atoms with Gasteiger partial charge < -0.3 is 51.0 Å². The monoisotopic (exact) mass is 1910 g/mol. The fourth-order valence-corrected chi connectivity index (χ4v) is 14.4. The van der Waals surface area contributed by atoms with Crippen molar-refractivity contribution in [2.24, 2.45) is 0 Å². The summed E-state index contributed by atoms with van der Waals surface area (Å²) in [5.74, 6) is 11.7. The van der Waals surface area contributed by atoms with Gasteiger partial charge in [0.1, 0.15) is 97.7 Å². The highest BCUT2D eigenvalue weighted by Gasteiger charge is 2.17. The smallest absolute Gasteiger partial charge is 0.240 e. The first-order valence-corrected chi connectivity index (χ1v) is 46.9. The number of hydrogen-bond donors (Lipinski definition) is 0. The lowest BCUT2D eigenvalue weighted by Crippen LogP contribution is -2.02. The topological polar surface area (TPSA) is 238 Å². The lowest BCUT2D eigenvalue weighted by molar-refractivity contribution is 0.100. The van der Waals surface area contributed by atoms with E-state index in [2.05, 4.69) is 0 Å². The summed E-state index contributed by atoms with van der Waals surface area (Å²) in [5, 5.41) is 0. The molecular weight excluding hydrogens is 1810 g/mol. The molecule has 2 unspecified atom stereocenters. The van der Waals surface area contributed by atoms with Gasteiger partial charge in [-0.05, 0) is 353 Å². The van der Waals surface area contributed by atoms with Crippen LogP contribution >= 0.6 is 0 Å². The van der Waals surface area contributed by atoms with Gasteiger partial charge in [-0.15, -0.1) is 0 Å². The van der Waals surface area contributed by atoms with Crippen molar-refractivity contribution in [2.45, 2.75) is 72.1 Å². The molecule has 2 atom stereocenters. The molecule has 17 aromatic rings. The van der Waals surface area contributed by atoms with Crippen LogP contribution in [0.25, 0.3) is 0 Å². The summed E-state index contributed by atoms with van der Waals surface area (Å²) in [5.41, 5.74) is 12.4. The quantitative estimate of drug-likeness (QED) is 0.0380. The van der Waals surface area contributed by atoms with E-state index in [1.807, 2.05) is 199 Å². The molecule has 0 bridgehead atoms. The Balaban J connectivity index is 0.000000153. The van der Waals surface area contributed by atoms with Gasteiger partial charge in [-0.2, -0.15) is 0 Å². The molecule has 0 radical (unpaired) electrons. The van der Waals surface area contributed by atoms with Crippen LogP contribution in [0, 0.1) is 41.5 Å². The lowest BCUT2D eigenvalue weighted by Gasteiger charge is -2.09. The number of benzene rings is 17. The Morgan fingerprint density at radius 1 is 0.163 bits per heavy atom. The number of carbonyl (C=O) groups is 6. The number of rotatable bonds is 30. The van der Waals surface area contributed by atoms with Crippen molar-refractivity contribution < 1.29 is 88.2 Å². The molecule has 0 saturated carbocycles. The zero-order valence-corrected chi connectivity index (χ0v) is 81.5. The Morgan fingerprint density at radius 2 is 0.284 bits per heavy atom. The van der Waals surface area contributed by atoms with E-state index in [0.717, 1.165) is 63.1 Å². The minimum absolute atomic E-state index is 0.0170. The lowest BCUT2D eigenvalue weighted by atomic mass is 10.0. The van der Waals surface area contributed by atoms with Crippen LogP contribution < -0.4 is 51.0 Å². The summed E-state index contributed by atoms with van der Waals surface area (Å²) < 4.78 is 84.9. The minimum atomic E-state index is -1.60. The Hall–Kier alpha value is -17.1. The Kier molecular flexibility index (Phi) is 37.7. The van der Waals surface area contributed by atoms with Gasteiger partial charge in [0.2, 0.25) is 22.2 Å². The third-order valence-electron chi connectivity index (χ3n) is 21.1. The van der Waals surface area contributed by atoms with Crippen LogP contribution in [0.5, 0.6) is 97.7 Å². The fourth-order valence-electron chi connectivity index (χ4n) is 13.0. The Morgan fingerprint density at radius 3 is 0.468 bits per heavy atom. The molecule has 21 heteroatoms. The largest absolute Gasteiger partial charge is 0.497 e. The third-order valence-corrected chi connectivity index (χ3v) is 23.1. The molecule has 0 aromatic heterocycles. The van der Waals surface area contributed by atoms with E-state index in [9.17, 15) is 37.2 Å². The molecule has 19 nitrogen and oxygen atoms in total. The van der Waals surface area contributed by atoms with Gasteiger partial charge in [0, 0.05) is 50.1 Å². The molecule has 0 amide bonds. The normalized spacial score (nSPS) is 10.7. The molecule has 0 heterocycles. The van der Waals surface area contributed by atoms with E-state index in [-0.39, 0.29) is 34.7 Å². The Bertz CT molecular complexity index is 6990. The summed E-state index contributed by atoms with van der Waals surface area (Å²) >= 11 is -3.09. The van der Waals surface area contributed by atoms with Gasteiger partial charge in [-0.1, -0.05) is 155 Å². The van der Waals surface area contributed by atoms with Gasteiger partial charge in [0.05, 0.1) is 31.1 Å². The predicted octanol–water partition coefficient (Wildman–Crippen LogP) is 29.3. The molecule has 17 rings (SSSR count). The van der Waals surface area contributed by atoms with Crippen LogP contribution in [0.4, 0.5) is 0 Å². The fraction of sp³-hybridized carbons (Fsp3) is 0.100. The maximum absolute atomic E-state index is 12.7. The van der Waals surface area contributed by atoms with Crippen LogP contribution in [0.3, 0.4) is 0 Å². The van der Waals surface area contributed by atoms with E-state index in [4.69, 9.17) is 51.0 Å². The SMILES string of the molecule is CC(=O)c1ccc(C(=O)c2ccc(Oc3ccc(C)cc3)cc2)cc1.CC(=O)c1ccc(C(=O)c2ccc(Oc3ccc(Oc4ccc(C)cc4)cc3)cc2)cc1.CC(=O)c1ccc(Oc2ccc(C)cc2)cc1.COc1ccc(C(=O)c2ccc(Oc3ccc(C)cc3)cc2)cc1.COc1ccc(OS(=O)c2ccc(C)cc2)cc1.COc1ccc(OS(=O)c2ccc(Oc3ccc(C)cc3)cc2)cc1. The van der Waals surface area contributed by atoms with Crippen molar-refractivity contribution in [1.82, 2.24) is 0 Å². The summed E-state index contributed by atoms with van der Waals surface area (Å²) in [6, 6.07) is 124. The number of hydrogen-bond acceptors (Lipinski definition) is 19. The van der Waals surface area contributed by atoms with Crippen LogP contribution in [0.2, 0.25) is 0 Å². The summed E-state index contributed by atoms with van der Waals surface area (Å²) in [6.07, 6.45) is 0. The Labute approximate surface area is 826 Å². The number of Topliss-reactive ketones (excluding diaryl/α,β-unsaturated/α-hetero) is 3. The third kappa shape index (κ3) is 32.5. The molecule has 0 fully saturated rings. The van der Waals surface area contributed by atoms with E-state index in [1.54, 1.807) is 283 Å². The van der Waals surface area contributed by atoms with Crippen molar-refractivity contribution in [2.75, 3.05) is 21.3 Å². The molecule has 710 valence electrons. The second kappa shape index (κ2) is 51.7. The highest BCUT2D eigenvalue weighted by Crippen LogP contribution is 2.33. The first-order chi connectivity index (χ1) is 68.1. The van der Waals surface area contributed by atoms with Gasteiger partial charge in [-0.3, -0.25) is 28.8 Å². The maximum Gasteiger partial charge on any atom is 0.240 e. The molecule has 0 aliphatic heterocycles. The second-order valence-corrected chi connectivity index (χ2v) is 34.3.